The molecule has 0 spiro atoms. The molecule has 1 aliphatic carbocycles. The van der Waals surface area contributed by atoms with Gasteiger partial charge >= 0.3 is 0 Å². The number of carbonyl (C=O) groups is 2. The molecule has 1 saturated carbocycles. The van der Waals surface area contributed by atoms with Gasteiger partial charge in [0.1, 0.15) is 6.61 Å². The molecular weight excluding hydrogens is 280 g/mol. The number of ketones is 1. The number of hydrogen-bond donors (Lipinski definition) is 2. The van der Waals surface area contributed by atoms with Crippen molar-refractivity contribution in [2.45, 2.75) is 38.3 Å². The van der Waals surface area contributed by atoms with Crippen molar-refractivity contribution in [1.82, 2.24) is 5.32 Å². The highest BCUT2D eigenvalue weighted by molar-refractivity contribution is 5.87. The molecule has 0 aromatic heterocycles. The minimum atomic E-state index is -0.160. The Balaban J connectivity index is 1.63. The van der Waals surface area contributed by atoms with Crippen molar-refractivity contribution in [3.05, 3.63) is 35.9 Å². The van der Waals surface area contributed by atoms with Gasteiger partial charge in [-0.2, -0.15) is 0 Å². The molecule has 0 saturated heterocycles. The molecule has 0 unspecified atom stereocenters. The van der Waals surface area contributed by atoms with Crippen molar-refractivity contribution < 1.29 is 14.3 Å². The molecule has 120 valence electrons. The number of Topliss-reactive ketones (excluding diaryl/α,β-unsaturated/α-hetero) is 1. The second-order valence-electron chi connectivity index (χ2n) is 5.79. The highest BCUT2D eigenvalue weighted by atomic mass is 16.5. The topological polar surface area (TPSA) is 81.4 Å². The summed E-state index contributed by atoms with van der Waals surface area (Å²) in [5.41, 5.74) is 6.98. The van der Waals surface area contributed by atoms with Crippen LogP contribution in [0.3, 0.4) is 0 Å². The Hall–Kier alpha value is -1.72. The van der Waals surface area contributed by atoms with E-state index < -0.39 is 0 Å². The molecule has 1 aromatic carbocycles. The molecule has 2 rings (SSSR count). The summed E-state index contributed by atoms with van der Waals surface area (Å²) in [7, 11) is 0. The third-order valence-electron chi connectivity index (χ3n) is 3.99. The fraction of sp³-hybridized carbons (Fsp3) is 0.529. The molecular formula is C17H24N2O3. The highest BCUT2D eigenvalue weighted by Gasteiger charge is 2.28. The molecule has 0 aliphatic heterocycles. The Kier molecular flexibility index (Phi) is 6.55. The number of nitrogens with two attached hydrogens (primary N) is 1. The van der Waals surface area contributed by atoms with Gasteiger partial charge in [0.05, 0.1) is 19.1 Å². The van der Waals surface area contributed by atoms with Crippen LogP contribution >= 0.6 is 0 Å². The van der Waals surface area contributed by atoms with Gasteiger partial charge in [0.15, 0.2) is 5.78 Å². The minimum absolute atomic E-state index is 0.00585. The predicted molar refractivity (Wildman–Crippen MR) is 84.0 cm³/mol. The van der Waals surface area contributed by atoms with E-state index in [1.165, 1.54) is 0 Å². The van der Waals surface area contributed by atoms with E-state index in [-0.39, 0.29) is 36.8 Å². The quantitative estimate of drug-likeness (QED) is 0.798. The summed E-state index contributed by atoms with van der Waals surface area (Å²) in [5.74, 6) is -0.399. The lowest BCUT2D eigenvalue weighted by Crippen LogP contribution is -2.45. The van der Waals surface area contributed by atoms with E-state index in [4.69, 9.17) is 10.5 Å². The molecule has 0 bridgehead atoms. The number of carbonyl (C=O) groups excluding carboxylic acids is 2. The molecule has 3 N–H and O–H groups in total. The Bertz CT molecular complexity index is 490. The maximum atomic E-state index is 12.0. The molecule has 22 heavy (non-hydrogen) atoms. The van der Waals surface area contributed by atoms with Gasteiger partial charge in [0.2, 0.25) is 5.91 Å². The molecule has 1 aromatic rings. The SMILES string of the molecule is N[C@H]1CCCC[C@H]1C(=O)NCC(=O)COCc1ccccc1. The molecule has 0 radical (unpaired) electrons. The lowest BCUT2D eigenvalue weighted by molar-refractivity contribution is -0.130. The molecule has 1 aliphatic rings. The summed E-state index contributed by atoms with van der Waals surface area (Å²) < 4.78 is 5.35. The molecule has 5 nitrogen and oxygen atoms in total. The Morgan fingerprint density at radius 2 is 1.91 bits per heavy atom. The average Bonchev–Trinajstić information content (AvgIpc) is 2.54. The van der Waals surface area contributed by atoms with Gasteiger partial charge < -0.3 is 15.8 Å². The lowest BCUT2D eigenvalue weighted by atomic mass is 9.84. The molecule has 5 heteroatoms. The number of ether oxygens (including phenoxy) is 1. The monoisotopic (exact) mass is 304 g/mol. The van der Waals surface area contributed by atoms with E-state index >= 15 is 0 Å². The van der Waals surface area contributed by atoms with E-state index in [1.807, 2.05) is 30.3 Å². The first kappa shape index (κ1) is 16.6. The van der Waals surface area contributed by atoms with Crippen molar-refractivity contribution in [3.8, 4) is 0 Å². The van der Waals surface area contributed by atoms with Crippen molar-refractivity contribution in [2.75, 3.05) is 13.2 Å². The number of benzene rings is 1. The first-order chi connectivity index (χ1) is 10.7. The standard InChI is InChI=1S/C17H24N2O3/c18-16-9-5-4-8-15(16)17(21)19-10-14(20)12-22-11-13-6-2-1-3-7-13/h1-3,6-7,15-16H,4-5,8-12,18H2,(H,19,21)/t15-,16+/m1/s1. The average molecular weight is 304 g/mol. The maximum absolute atomic E-state index is 12.0. The van der Waals surface area contributed by atoms with Gasteiger partial charge in [-0.25, -0.2) is 0 Å². The number of rotatable bonds is 7. The summed E-state index contributed by atoms with van der Waals surface area (Å²) in [6.45, 7) is 0.413. The van der Waals surface area contributed by atoms with Crippen LogP contribution in [0, 0.1) is 5.92 Å². The van der Waals surface area contributed by atoms with E-state index in [1.54, 1.807) is 0 Å². The van der Waals surface area contributed by atoms with Crippen LogP contribution < -0.4 is 11.1 Å². The Morgan fingerprint density at radius 3 is 2.64 bits per heavy atom. The zero-order valence-electron chi connectivity index (χ0n) is 12.8. The number of hydrogen-bond acceptors (Lipinski definition) is 4. The van der Waals surface area contributed by atoms with Crippen LogP contribution in [-0.2, 0) is 20.9 Å². The largest absolute Gasteiger partial charge is 0.369 e. The van der Waals surface area contributed by atoms with Gasteiger partial charge in [-0.3, -0.25) is 9.59 Å². The third kappa shape index (κ3) is 5.24. The summed E-state index contributed by atoms with van der Waals surface area (Å²) in [5, 5.41) is 2.68. The van der Waals surface area contributed by atoms with Crippen molar-refractivity contribution >= 4 is 11.7 Å². The highest BCUT2D eigenvalue weighted by Crippen LogP contribution is 2.22. The van der Waals surface area contributed by atoms with Crippen LogP contribution in [0.5, 0.6) is 0 Å². The first-order valence-corrected chi connectivity index (χ1v) is 7.83. The van der Waals surface area contributed by atoms with Crippen LogP contribution in [0.4, 0.5) is 0 Å². The lowest BCUT2D eigenvalue weighted by Gasteiger charge is -2.27. The third-order valence-corrected chi connectivity index (χ3v) is 3.99. The van der Waals surface area contributed by atoms with Crippen LogP contribution in [0.1, 0.15) is 31.2 Å². The fourth-order valence-corrected chi connectivity index (χ4v) is 2.71. The van der Waals surface area contributed by atoms with Gasteiger partial charge in [0, 0.05) is 6.04 Å². The smallest absolute Gasteiger partial charge is 0.225 e. The summed E-state index contributed by atoms with van der Waals surface area (Å²) in [4.78, 5) is 23.8. The summed E-state index contributed by atoms with van der Waals surface area (Å²) in [6, 6.07) is 9.58. The van der Waals surface area contributed by atoms with Gasteiger partial charge in [-0.05, 0) is 18.4 Å². The van der Waals surface area contributed by atoms with Crippen molar-refractivity contribution in [3.63, 3.8) is 0 Å². The normalized spacial score (nSPS) is 21.3. The molecule has 0 heterocycles. The van der Waals surface area contributed by atoms with E-state index in [0.29, 0.717) is 6.61 Å². The van der Waals surface area contributed by atoms with Gasteiger partial charge in [-0.15, -0.1) is 0 Å². The summed E-state index contributed by atoms with van der Waals surface area (Å²) >= 11 is 0. The fourth-order valence-electron chi connectivity index (χ4n) is 2.71. The summed E-state index contributed by atoms with van der Waals surface area (Å²) in [6.07, 6.45) is 3.80. The zero-order valence-corrected chi connectivity index (χ0v) is 12.8. The van der Waals surface area contributed by atoms with Crippen molar-refractivity contribution in [2.24, 2.45) is 11.7 Å². The number of nitrogens with one attached hydrogen (secondary N) is 1. The van der Waals surface area contributed by atoms with Crippen LogP contribution in [-0.4, -0.2) is 30.9 Å². The Labute approximate surface area is 131 Å². The van der Waals surface area contributed by atoms with E-state index in [2.05, 4.69) is 5.32 Å². The second-order valence-corrected chi connectivity index (χ2v) is 5.79. The maximum Gasteiger partial charge on any atom is 0.225 e. The Morgan fingerprint density at radius 1 is 1.18 bits per heavy atom. The second kappa shape index (κ2) is 8.66. The molecule has 1 amide bonds. The van der Waals surface area contributed by atoms with Crippen LogP contribution in [0.15, 0.2) is 30.3 Å². The molecule has 2 atom stereocenters. The first-order valence-electron chi connectivity index (χ1n) is 7.83. The van der Waals surface area contributed by atoms with E-state index in [9.17, 15) is 9.59 Å². The van der Waals surface area contributed by atoms with Crippen molar-refractivity contribution in [1.29, 1.82) is 0 Å². The minimum Gasteiger partial charge on any atom is -0.369 e. The van der Waals surface area contributed by atoms with Crippen LogP contribution in [0.25, 0.3) is 0 Å². The van der Waals surface area contributed by atoms with Crippen LogP contribution in [0.2, 0.25) is 0 Å². The zero-order chi connectivity index (χ0) is 15.8. The predicted octanol–water partition coefficient (Wildman–Crippen LogP) is 1.41. The van der Waals surface area contributed by atoms with Gasteiger partial charge in [-0.1, -0.05) is 43.2 Å². The molecule has 1 fully saturated rings. The van der Waals surface area contributed by atoms with Gasteiger partial charge in [0.25, 0.3) is 0 Å². The number of amides is 1. The van der Waals surface area contributed by atoms with E-state index in [0.717, 1.165) is 31.2 Å².